The molecule has 2 saturated heterocycles. The van der Waals surface area contributed by atoms with Gasteiger partial charge in [0, 0.05) is 23.8 Å². The van der Waals surface area contributed by atoms with Crippen LogP contribution in [0.1, 0.15) is 43.7 Å². The van der Waals surface area contributed by atoms with Gasteiger partial charge in [0.25, 0.3) is 0 Å². The van der Waals surface area contributed by atoms with Gasteiger partial charge < -0.3 is 10.2 Å². The second-order valence-electron chi connectivity index (χ2n) is 6.26. The van der Waals surface area contributed by atoms with Gasteiger partial charge in [0.15, 0.2) is 0 Å². The Morgan fingerprint density at radius 3 is 2.21 bits per heavy atom. The topological polar surface area (TPSA) is 15.3 Å². The van der Waals surface area contributed by atoms with E-state index in [2.05, 4.69) is 49.2 Å². The van der Waals surface area contributed by atoms with Crippen LogP contribution in [0.25, 0.3) is 0 Å². The third-order valence-electron chi connectivity index (χ3n) is 4.92. The van der Waals surface area contributed by atoms with Crippen molar-refractivity contribution in [3.63, 3.8) is 0 Å². The molecule has 2 unspecified atom stereocenters. The van der Waals surface area contributed by atoms with Gasteiger partial charge in [-0.2, -0.15) is 0 Å². The number of piperidine rings is 1. The zero-order valence-electron chi connectivity index (χ0n) is 12.4. The van der Waals surface area contributed by atoms with Gasteiger partial charge in [-0.05, 0) is 57.2 Å². The summed E-state index contributed by atoms with van der Waals surface area (Å²) in [6, 6.07) is 8.95. The Bertz CT molecular complexity index is 420. The standard InChI is InChI=1S/C17H26N2/c1-4-18-14-10-15-8-9-16(11-14)19(15)17-12(2)6-5-7-13(17)3/h5-7,14-16,18H,4,8-11H2,1-3H3. The summed E-state index contributed by atoms with van der Waals surface area (Å²) < 4.78 is 0. The number of nitrogens with one attached hydrogen (secondary N) is 1. The van der Waals surface area contributed by atoms with E-state index in [9.17, 15) is 0 Å². The Morgan fingerprint density at radius 1 is 1.11 bits per heavy atom. The van der Waals surface area contributed by atoms with E-state index in [1.165, 1.54) is 42.5 Å². The lowest BCUT2D eigenvalue weighted by molar-refractivity contribution is 0.361. The number of aryl methyl sites for hydroxylation is 2. The third-order valence-corrected chi connectivity index (χ3v) is 4.92. The smallest absolute Gasteiger partial charge is 0.0430 e. The fourth-order valence-corrected chi connectivity index (χ4v) is 4.21. The maximum Gasteiger partial charge on any atom is 0.0430 e. The van der Waals surface area contributed by atoms with Crippen molar-refractivity contribution in [2.75, 3.05) is 11.4 Å². The molecule has 2 heteroatoms. The number of hydrogen-bond donors (Lipinski definition) is 1. The van der Waals surface area contributed by atoms with Crippen LogP contribution in [0, 0.1) is 13.8 Å². The van der Waals surface area contributed by atoms with Crippen LogP contribution in [0.2, 0.25) is 0 Å². The molecule has 104 valence electrons. The van der Waals surface area contributed by atoms with Crippen molar-refractivity contribution in [2.24, 2.45) is 0 Å². The minimum Gasteiger partial charge on any atom is -0.365 e. The molecular formula is C17H26N2. The molecule has 2 heterocycles. The predicted octanol–water partition coefficient (Wildman–Crippen LogP) is 3.41. The lowest BCUT2D eigenvalue weighted by Gasteiger charge is -2.42. The molecule has 1 N–H and O–H groups in total. The maximum absolute atomic E-state index is 3.66. The van der Waals surface area contributed by atoms with Gasteiger partial charge in [-0.1, -0.05) is 25.1 Å². The molecule has 3 rings (SSSR count). The quantitative estimate of drug-likeness (QED) is 0.894. The molecular weight excluding hydrogens is 232 g/mol. The number of anilines is 1. The fraction of sp³-hybridized carbons (Fsp3) is 0.647. The Labute approximate surface area is 117 Å². The van der Waals surface area contributed by atoms with E-state index < -0.39 is 0 Å². The minimum atomic E-state index is 0.739. The van der Waals surface area contributed by atoms with Gasteiger partial charge in [0.05, 0.1) is 0 Å². The molecule has 2 aliphatic rings. The van der Waals surface area contributed by atoms with E-state index in [0.29, 0.717) is 0 Å². The van der Waals surface area contributed by atoms with Gasteiger partial charge in [0.1, 0.15) is 0 Å². The molecule has 0 aromatic heterocycles. The van der Waals surface area contributed by atoms with Crippen molar-refractivity contribution in [1.29, 1.82) is 0 Å². The van der Waals surface area contributed by atoms with E-state index >= 15 is 0 Å². The minimum absolute atomic E-state index is 0.739. The molecule has 0 saturated carbocycles. The predicted molar refractivity (Wildman–Crippen MR) is 81.9 cm³/mol. The summed E-state index contributed by atoms with van der Waals surface area (Å²) in [5, 5.41) is 3.66. The summed E-state index contributed by atoms with van der Waals surface area (Å²) in [4.78, 5) is 2.75. The summed E-state index contributed by atoms with van der Waals surface area (Å²) in [5.41, 5.74) is 4.41. The highest BCUT2D eigenvalue weighted by atomic mass is 15.2. The molecule has 2 fully saturated rings. The van der Waals surface area contributed by atoms with E-state index in [4.69, 9.17) is 0 Å². The highest BCUT2D eigenvalue weighted by Crippen LogP contribution is 2.41. The average molecular weight is 258 g/mol. The first-order chi connectivity index (χ1) is 9.20. The number of hydrogen-bond acceptors (Lipinski definition) is 2. The first kappa shape index (κ1) is 13.0. The van der Waals surface area contributed by atoms with E-state index in [-0.39, 0.29) is 0 Å². The molecule has 2 atom stereocenters. The normalized spacial score (nSPS) is 29.8. The molecule has 0 aliphatic carbocycles. The molecule has 19 heavy (non-hydrogen) atoms. The molecule has 2 aliphatic heterocycles. The van der Waals surface area contributed by atoms with Crippen molar-refractivity contribution in [1.82, 2.24) is 5.32 Å². The number of benzene rings is 1. The Morgan fingerprint density at radius 2 is 1.68 bits per heavy atom. The maximum atomic E-state index is 3.66. The van der Waals surface area contributed by atoms with Crippen molar-refractivity contribution >= 4 is 5.69 Å². The van der Waals surface area contributed by atoms with E-state index in [0.717, 1.165) is 24.7 Å². The molecule has 2 bridgehead atoms. The average Bonchev–Trinajstić information content (AvgIpc) is 2.63. The monoisotopic (exact) mass is 258 g/mol. The summed E-state index contributed by atoms with van der Waals surface area (Å²) in [5.74, 6) is 0. The van der Waals surface area contributed by atoms with Crippen LogP contribution < -0.4 is 10.2 Å². The summed E-state index contributed by atoms with van der Waals surface area (Å²) in [6.45, 7) is 7.85. The van der Waals surface area contributed by atoms with E-state index in [1.807, 2.05) is 0 Å². The lowest BCUT2D eigenvalue weighted by Crippen LogP contribution is -2.49. The highest BCUT2D eigenvalue weighted by Gasteiger charge is 2.41. The second-order valence-corrected chi connectivity index (χ2v) is 6.26. The Balaban J connectivity index is 1.88. The number of fused-ring (bicyclic) bond motifs is 2. The summed E-state index contributed by atoms with van der Waals surface area (Å²) in [6.07, 6.45) is 5.39. The van der Waals surface area contributed by atoms with Gasteiger partial charge in [0.2, 0.25) is 0 Å². The first-order valence-corrected chi connectivity index (χ1v) is 7.78. The van der Waals surface area contributed by atoms with E-state index in [1.54, 1.807) is 0 Å². The van der Waals surface area contributed by atoms with Crippen LogP contribution in [0.15, 0.2) is 18.2 Å². The molecule has 1 aromatic carbocycles. The SMILES string of the molecule is CCNC1CC2CCC(C1)N2c1c(C)cccc1C. The van der Waals surface area contributed by atoms with Crippen molar-refractivity contribution in [3.8, 4) is 0 Å². The summed E-state index contributed by atoms with van der Waals surface area (Å²) >= 11 is 0. The molecule has 1 aromatic rings. The highest BCUT2D eigenvalue weighted by molar-refractivity contribution is 5.61. The first-order valence-electron chi connectivity index (χ1n) is 7.78. The van der Waals surface area contributed by atoms with Gasteiger partial charge in [-0.3, -0.25) is 0 Å². The fourth-order valence-electron chi connectivity index (χ4n) is 4.21. The van der Waals surface area contributed by atoms with Crippen molar-refractivity contribution in [2.45, 2.75) is 64.6 Å². The number of nitrogens with zero attached hydrogens (tertiary/aromatic N) is 1. The zero-order valence-corrected chi connectivity index (χ0v) is 12.4. The van der Waals surface area contributed by atoms with Crippen LogP contribution in [-0.4, -0.2) is 24.7 Å². The van der Waals surface area contributed by atoms with Crippen LogP contribution in [0.3, 0.4) is 0 Å². The van der Waals surface area contributed by atoms with Crippen LogP contribution in [0.4, 0.5) is 5.69 Å². The van der Waals surface area contributed by atoms with Crippen LogP contribution in [-0.2, 0) is 0 Å². The van der Waals surface area contributed by atoms with Crippen molar-refractivity contribution < 1.29 is 0 Å². The van der Waals surface area contributed by atoms with Crippen molar-refractivity contribution in [3.05, 3.63) is 29.3 Å². The Kier molecular flexibility index (Phi) is 3.53. The summed E-state index contributed by atoms with van der Waals surface area (Å²) in [7, 11) is 0. The van der Waals surface area contributed by atoms with Gasteiger partial charge >= 0.3 is 0 Å². The number of para-hydroxylation sites is 1. The molecule has 0 amide bonds. The third kappa shape index (κ3) is 2.27. The Hall–Kier alpha value is -1.02. The molecule has 0 radical (unpaired) electrons. The van der Waals surface area contributed by atoms with Gasteiger partial charge in [-0.15, -0.1) is 0 Å². The molecule has 0 spiro atoms. The van der Waals surface area contributed by atoms with Crippen LogP contribution in [0.5, 0.6) is 0 Å². The second kappa shape index (κ2) is 5.16. The van der Waals surface area contributed by atoms with Crippen LogP contribution >= 0.6 is 0 Å². The zero-order chi connectivity index (χ0) is 13.4. The molecule has 2 nitrogen and oxygen atoms in total. The largest absolute Gasteiger partial charge is 0.365 e. The van der Waals surface area contributed by atoms with Gasteiger partial charge in [-0.25, -0.2) is 0 Å². The number of rotatable bonds is 3. The lowest BCUT2D eigenvalue weighted by atomic mass is 9.94.